The second-order valence-electron chi connectivity index (χ2n) is 4.95. The Hall–Kier alpha value is -2.45. The third-order valence-corrected chi connectivity index (χ3v) is 3.21. The molecule has 0 bridgehead atoms. The van der Waals surface area contributed by atoms with Gasteiger partial charge in [0.05, 0.1) is 0 Å². The zero-order valence-corrected chi connectivity index (χ0v) is 12.6. The molecule has 0 radical (unpaired) electrons. The second kappa shape index (κ2) is 8.11. The van der Waals surface area contributed by atoms with E-state index in [1.165, 1.54) is 10.8 Å². The molecular formula is C13H20N4O5. The molecule has 1 unspecified atom stereocenters. The molecule has 2 N–H and O–H groups in total. The first-order chi connectivity index (χ1) is 10.3. The van der Waals surface area contributed by atoms with Gasteiger partial charge in [-0.2, -0.15) is 0 Å². The molecule has 1 heterocycles. The normalized spacial score (nSPS) is 11.9. The van der Waals surface area contributed by atoms with Crippen LogP contribution >= 0.6 is 0 Å². The zero-order chi connectivity index (χ0) is 16.7. The summed E-state index contributed by atoms with van der Waals surface area (Å²) in [5, 5.41) is 22.1. The van der Waals surface area contributed by atoms with Gasteiger partial charge in [0.1, 0.15) is 12.2 Å². The van der Waals surface area contributed by atoms with Crippen molar-refractivity contribution in [2.75, 3.05) is 0 Å². The summed E-state index contributed by atoms with van der Waals surface area (Å²) < 4.78 is 1.50. The van der Waals surface area contributed by atoms with Gasteiger partial charge in [-0.25, -0.2) is 4.79 Å². The number of carboxylic acids is 1. The Morgan fingerprint density at radius 3 is 2.73 bits per heavy atom. The highest BCUT2D eigenvalue weighted by molar-refractivity contribution is 5.83. The molecule has 1 amide bonds. The van der Waals surface area contributed by atoms with Crippen LogP contribution in [0.5, 0.6) is 0 Å². The van der Waals surface area contributed by atoms with Crippen LogP contribution in [-0.2, 0) is 16.1 Å². The lowest BCUT2D eigenvalue weighted by Crippen LogP contribution is -2.41. The fraction of sp³-hybridized carbons (Fsp3) is 0.615. The van der Waals surface area contributed by atoms with Crippen LogP contribution < -0.4 is 5.32 Å². The van der Waals surface area contributed by atoms with Crippen molar-refractivity contribution < 1.29 is 19.6 Å². The van der Waals surface area contributed by atoms with Crippen LogP contribution in [0.3, 0.4) is 0 Å². The topological polar surface area (TPSA) is 127 Å². The Labute approximate surface area is 127 Å². The van der Waals surface area contributed by atoms with Gasteiger partial charge < -0.3 is 25.1 Å². The van der Waals surface area contributed by atoms with Crippen molar-refractivity contribution in [3.63, 3.8) is 0 Å². The van der Waals surface area contributed by atoms with Crippen molar-refractivity contribution in [3.05, 3.63) is 22.1 Å². The van der Waals surface area contributed by atoms with Crippen molar-refractivity contribution in [1.82, 2.24) is 14.9 Å². The molecule has 122 valence electrons. The van der Waals surface area contributed by atoms with Gasteiger partial charge >= 0.3 is 11.8 Å². The molecule has 1 aromatic rings. The summed E-state index contributed by atoms with van der Waals surface area (Å²) in [6.45, 7) is 3.75. The smallest absolute Gasteiger partial charge is 0.381 e. The molecule has 0 fully saturated rings. The molecule has 0 spiro atoms. The zero-order valence-electron chi connectivity index (χ0n) is 12.6. The van der Waals surface area contributed by atoms with Crippen LogP contribution in [0.2, 0.25) is 0 Å². The number of aliphatic carboxylic acids is 1. The van der Waals surface area contributed by atoms with E-state index in [1.54, 1.807) is 6.92 Å². The van der Waals surface area contributed by atoms with Crippen LogP contribution in [0.25, 0.3) is 0 Å². The number of unbranched alkanes of at least 4 members (excludes halogenated alkanes) is 1. The van der Waals surface area contributed by atoms with Crippen molar-refractivity contribution >= 4 is 17.7 Å². The van der Waals surface area contributed by atoms with E-state index in [-0.39, 0.29) is 18.8 Å². The summed E-state index contributed by atoms with van der Waals surface area (Å²) in [5.74, 6) is -1.31. The standard InChI is InChI=1S/C13H20N4O5/c1-3-4-5-10(13(19)20)15-12(18)6-7-16-8-11(17(21)22)14-9(16)2/h8,10H,3-7H2,1-2H3,(H,15,18)(H,19,20). The number of amides is 1. The van der Waals surface area contributed by atoms with Crippen molar-refractivity contribution in [3.8, 4) is 0 Å². The molecule has 1 rings (SSSR count). The number of hydrogen-bond donors (Lipinski definition) is 2. The number of nitro groups is 1. The SMILES string of the molecule is CCCCC(NC(=O)CCn1cc([N+](=O)[O-])nc1C)C(=O)O. The van der Waals surface area contributed by atoms with Gasteiger partial charge in [0.15, 0.2) is 0 Å². The van der Waals surface area contributed by atoms with E-state index >= 15 is 0 Å². The third kappa shape index (κ3) is 5.15. The number of carbonyl (C=O) groups is 2. The highest BCUT2D eigenvalue weighted by Gasteiger charge is 2.20. The molecule has 9 nitrogen and oxygen atoms in total. The molecule has 0 aromatic carbocycles. The summed E-state index contributed by atoms with van der Waals surface area (Å²) in [6, 6.07) is -0.898. The number of nitrogens with one attached hydrogen (secondary N) is 1. The van der Waals surface area contributed by atoms with Gasteiger partial charge in [-0.3, -0.25) is 4.79 Å². The van der Waals surface area contributed by atoms with Crippen LogP contribution in [-0.4, -0.2) is 37.5 Å². The molecular weight excluding hydrogens is 292 g/mol. The van der Waals surface area contributed by atoms with Gasteiger partial charge in [-0.1, -0.05) is 19.8 Å². The minimum Gasteiger partial charge on any atom is -0.480 e. The first-order valence-electron chi connectivity index (χ1n) is 7.05. The third-order valence-electron chi connectivity index (χ3n) is 3.21. The first kappa shape index (κ1) is 17.6. The summed E-state index contributed by atoms with van der Waals surface area (Å²) in [6.07, 6.45) is 3.23. The summed E-state index contributed by atoms with van der Waals surface area (Å²) in [4.78, 5) is 36.6. The maximum atomic E-state index is 11.8. The molecule has 0 saturated carbocycles. The predicted molar refractivity (Wildman–Crippen MR) is 77.3 cm³/mol. The average molecular weight is 312 g/mol. The monoisotopic (exact) mass is 312 g/mol. The number of carboxylic acid groups (broad SMARTS) is 1. The number of aryl methyl sites for hydroxylation is 2. The number of nitrogens with zero attached hydrogens (tertiary/aromatic N) is 3. The van der Waals surface area contributed by atoms with Crippen LogP contribution in [0.1, 0.15) is 38.4 Å². The highest BCUT2D eigenvalue weighted by Crippen LogP contribution is 2.11. The molecule has 1 aromatic heterocycles. The Kier molecular flexibility index (Phi) is 6.48. The maximum absolute atomic E-state index is 11.8. The molecule has 0 aliphatic heterocycles. The molecule has 0 saturated heterocycles. The van der Waals surface area contributed by atoms with E-state index < -0.39 is 22.8 Å². The minimum absolute atomic E-state index is 0.0320. The molecule has 22 heavy (non-hydrogen) atoms. The van der Waals surface area contributed by atoms with Crippen LogP contribution in [0.15, 0.2) is 6.20 Å². The fourth-order valence-electron chi connectivity index (χ4n) is 1.96. The highest BCUT2D eigenvalue weighted by atomic mass is 16.6. The number of aromatic nitrogens is 2. The van der Waals surface area contributed by atoms with E-state index in [0.717, 1.165) is 6.42 Å². The number of imidazole rings is 1. The van der Waals surface area contributed by atoms with Crippen molar-refractivity contribution in [1.29, 1.82) is 0 Å². The molecule has 0 aliphatic carbocycles. The number of rotatable bonds is 9. The Bertz CT molecular complexity index is 555. The van der Waals surface area contributed by atoms with Crippen LogP contribution in [0, 0.1) is 17.0 Å². The number of hydrogen-bond acceptors (Lipinski definition) is 5. The van der Waals surface area contributed by atoms with Gasteiger partial charge in [-0.15, -0.1) is 0 Å². The van der Waals surface area contributed by atoms with E-state index in [9.17, 15) is 19.7 Å². The Morgan fingerprint density at radius 1 is 1.55 bits per heavy atom. The van der Waals surface area contributed by atoms with E-state index in [2.05, 4.69) is 10.3 Å². The quantitative estimate of drug-likeness (QED) is 0.521. The van der Waals surface area contributed by atoms with Crippen molar-refractivity contribution in [2.24, 2.45) is 0 Å². The summed E-state index contributed by atoms with van der Waals surface area (Å²) in [7, 11) is 0. The lowest BCUT2D eigenvalue weighted by atomic mass is 10.1. The Morgan fingerprint density at radius 2 is 2.23 bits per heavy atom. The second-order valence-corrected chi connectivity index (χ2v) is 4.95. The van der Waals surface area contributed by atoms with E-state index in [1.807, 2.05) is 6.92 Å². The average Bonchev–Trinajstić information content (AvgIpc) is 2.82. The molecule has 9 heteroatoms. The fourth-order valence-corrected chi connectivity index (χ4v) is 1.96. The minimum atomic E-state index is -1.06. The summed E-state index contributed by atoms with van der Waals surface area (Å²) in [5.41, 5.74) is 0. The predicted octanol–water partition coefficient (Wildman–Crippen LogP) is 1.25. The molecule has 0 aliphatic rings. The van der Waals surface area contributed by atoms with Gasteiger partial charge in [0, 0.05) is 19.9 Å². The van der Waals surface area contributed by atoms with Gasteiger partial charge in [0.25, 0.3) is 0 Å². The summed E-state index contributed by atoms with van der Waals surface area (Å²) >= 11 is 0. The van der Waals surface area contributed by atoms with Gasteiger partial charge in [-0.05, 0) is 16.3 Å². The Balaban J connectivity index is 2.54. The molecule has 1 atom stereocenters. The number of carbonyl (C=O) groups excluding carboxylic acids is 1. The van der Waals surface area contributed by atoms with Crippen LogP contribution in [0.4, 0.5) is 5.82 Å². The van der Waals surface area contributed by atoms with Gasteiger partial charge in [0.2, 0.25) is 11.7 Å². The lowest BCUT2D eigenvalue weighted by molar-refractivity contribution is -0.389. The maximum Gasteiger partial charge on any atom is 0.381 e. The van der Waals surface area contributed by atoms with E-state index in [4.69, 9.17) is 5.11 Å². The largest absolute Gasteiger partial charge is 0.480 e. The lowest BCUT2D eigenvalue weighted by Gasteiger charge is -2.14. The first-order valence-corrected chi connectivity index (χ1v) is 7.05. The van der Waals surface area contributed by atoms with Crippen molar-refractivity contribution in [2.45, 2.75) is 52.1 Å². The van der Waals surface area contributed by atoms with E-state index in [0.29, 0.717) is 18.7 Å².